The first-order valence-corrected chi connectivity index (χ1v) is 9.29. The van der Waals surface area contributed by atoms with E-state index in [-0.39, 0.29) is 4.90 Å². The second kappa shape index (κ2) is 8.13. The SMILES string of the molecule is CCOc1cccc(C(C)NS(=O)(=O)c2ccc(C(=O)OC)cc2)c1. The lowest BCUT2D eigenvalue weighted by atomic mass is 10.1. The van der Waals surface area contributed by atoms with Crippen molar-refractivity contribution in [3.8, 4) is 5.75 Å². The first-order chi connectivity index (χ1) is 11.9. The van der Waals surface area contributed by atoms with Crippen LogP contribution in [0.25, 0.3) is 0 Å². The van der Waals surface area contributed by atoms with E-state index in [4.69, 9.17) is 4.74 Å². The first kappa shape index (κ1) is 19.0. The third-order valence-electron chi connectivity index (χ3n) is 3.59. The van der Waals surface area contributed by atoms with E-state index in [1.165, 1.54) is 31.4 Å². The van der Waals surface area contributed by atoms with Crippen LogP contribution in [0.5, 0.6) is 5.75 Å². The number of hydrogen-bond acceptors (Lipinski definition) is 5. The van der Waals surface area contributed by atoms with Gasteiger partial charge >= 0.3 is 5.97 Å². The maximum absolute atomic E-state index is 12.5. The van der Waals surface area contributed by atoms with Gasteiger partial charge in [0.1, 0.15) is 5.75 Å². The van der Waals surface area contributed by atoms with Crippen LogP contribution < -0.4 is 9.46 Å². The lowest BCUT2D eigenvalue weighted by Gasteiger charge is -2.16. The second-order valence-electron chi connectivity index (χ2n) is 5.36. The Balaban J connectivity index is 2.17. The van der Waals surface area contributed by atoms with E-state index in [1.54, 1.807) is 13.0 Å². The van der Waals surface area contributed by atoms with Gasteiger partial charge in [0.15, 0.2) is 0 Å². The molecule has 0 aliphatic heterocycles. The third kappa shape index (κ3) is 4.80. The van der Waals surface area contributed by atoms with Gasteiger partial charge in [-0.15, -0.1) is 0 Å². The van der Waals surface area contributed by atoms with E-state index < -0.39 is 22.0 Å². The normalized spacial score (nSPS) is 12.4. The van der Waals surface area contributed by atoms with Crippen LogP contribution in [0.2, 0.25) is 0 Å². The molecule has 1 atom stereocenters. The number of rotatable bonds is 7. The molecule has 0 saturated heterocycles. The maximum atomic E-state index is 12.5. The zero-order chi connectivity index (χ0) is 18.4. The minimum Gasteiger partial charge on any atom is -0.494 e. The summed E-state index contributed by atoms with van der Waals surface area (Å²) in [6, 6.07) is 12.4. The molecule has 0 radical (unpaired) electrons. The van der Waals surface area contributed by atoms with Crippen molar-refractivity contribution in [2.24, 2.45) is 0 Å². The van der Waals surface area contributed by atoms with Gasteiger partial charge in [0, 0.05) is 6.04 Å². The zero-order valence-electron chi connectivity index (χ0n) is 14.4. The third-order valence-corrected chi connectivity index (χ3v) is 5.14. The van der Waals surface area contributed by atoms with Crippen LogP contribution in [0.3, 0.4) is 0 Å². The monoisotopic (exact) mass is 363 g/mol. The van der Waals surface area contributed by atoms with E-state index in [9.17, 15) is 13.2 Å². The van der Waals surface area contributed by atoms with Crippen molar-refractivity contribution in [1.82, 2.24) is 4.72 Å². The molecule has 7 heteroatoms. The molecule has 0 heterocycles. The molecule has 25 heavy (non-hydrogen) atoms. The molecule has 2 rings (SSSR count). The Labute approximate surface area is 147 Å². The summed E-state index contributed by atoms with van der Waals surface area (Å²) in [5.41, 5.74) is 1.08. The van der Waals surface area contributed by atoms with Crippen LogP contribution >= 0.6 is 0 Å². The predicted octanol–water partition coefficient (Wildman–Crippen LogP) is 2.91. The highest BCUT2D eigenvalue weighted by Crippen LogP contribution is 2.21. The number of nitrogens with one attached hydrogen (secondary N) is 1. The van der Waals surface area contributed by atoms with Crippen LogP contribution in [-0.4, -0.2) is 28.1 Å². The fraction of sp³-hybridized carbons (Fsp3) is 0.278. The van der Waals surface area contributed by atoms with Crippen LogP contribution in [-0.2, 0) is 14.8 Å². The molecule has 0 aliphatic rings. The van der Waals surface area contributed by atoms with Crippen molar-refractivity contribution in [1.29, 1.82) is 0 Å². The van der Waals surface area contributed by atoms with Crippen molar-refractivity contribution >= 4 is 16.0 Å². The zero-order valence-corrected chi connectivity index (χ0v) is 15.2. The highest BCUT2D eigenvalue weighted by atomic mass is 32.2. The molecule has 0 spiro atoms. The lowest BCUT2D eigenvalue weighted by molar-refractivity contribution is 0.0600. The van der Waals surface area contributed by atoms with E-state index in [0.717, 1.165) is 5.56 Å². The maximum Gasteiger partial charge on any atom is 0.337 e. The number of hydrogen-bond donors (Lipinski definition) is 1. The van der Waals surface area contributed by atoms with Crippen molar-refractivity contribution in [2.75, 3.05) is 13.7 Å². The number of sulfonamides is 1. The molecule has 0 bridgehead atoms. The van der Waals surface area contributed by atoms with Gasteiger partial charge < -0.3 is 9.47 Å². The van der Waals surface area contributed by atoms with Crippen molar-refractivity contribution in [2.45, 2.75) is 24.8 Å². The van der Waals surface area contributed by atoms with Crippen LogP contribution in [0.4, 0.5) is 0 Å². The molecule has 6 nitrogen and oxygen atoms in total. The highest BCUT2D eigenvalue weighted by molar-refractivity contribution is 7.89. The number of esters is 1. The first-order valence-electron chi connectivity index (χ1n) is 7.81. The van der Waals surface area contributed by atoms with Crippen molar-refractivity contribution in [3.05, 3.63) is 59.7 Å². The summed E-state index contributed by atoms with van der Waals surface area (Å²) >= 11 is 0. The van der Waals surface area contributed by atoms with Crippen LogP contribution in [0.1, 0.15) is 35.8 Å². The number of carbonyl (C=O) groups is 1. The molecule has 1 N–H and O–H groups in total. The fourth-order valence-electron chi connectivity index (χ4n) is 2.30. The Hall–Kier alpha value is -2.38. The largest absolute Gasteiger partial charge is 0.494 e. The average molecular weight is 363 g/mol. The molecule has 0 amide bonds. The second-order valence-corrected chi connectivity index (χ2v) is 7.08. The lowest BCUT2D eigenvalue weighted by Crippen LogP contribution is -2.27. The molecular formula is C18H21NO5S. The Morgan fingerprint density at radius 2 is 1.84 bits per heavy atom. The summed E-state index contributed by atoms with van der Waals surface area (Å²) in [7, 11) is -2.45. The van der Waals surface area contributed by atoms with Crippen LogP contribution in [0, 0.1) is 0 Å². The van der Waals surface area contributed by atoms with E-state index in [2.05, 4.69) is 9.46 Å². The van der Waals surface area contributed by atoms with Gasteiger partial charge in [0.25, 0.3) is 0 Å². The Morgan fingerprint density at radius 3 is 2.44 bits per heavy atom. The standard InChI is InChI=1S/C18H21NO5S/c1-4-24-16-7-5-6-15(12-16)13(2)19-25(21,22)17-10-8-14(9-11-17)18(20)23-3/h5-13,19H,4H2,1-3H3. The van der Waals surface area contributed by atoms with Crippen LogP contribution in [0.15, 0.2) is 53.4 Å². The van der Waals surface area contributed by atoms with Gasteiger partial charge in [-0.25, -0.2) is 17.9 Å². The Morgan fingerprint density at radius 1 is 1.16 bits per heavy atom. The molecule has 0 aromatic heterocycles. The number of carbonyl (C=O) groups excluding carboxylic acids is 1. The molecule has 0 fully saturated rings. The number of ether oxygens (including phenoxy) is 2. The molecular weight excluding hydrogens is 342 g/mol. The van der Waals surface area contributed by atoms with Crippen molar-refractivity contribution in [3.63, 3.8) is 0 Å². The Kier molecular flexibility index (Phi) is 6.17. The molecule has 0 aliphatic carbocycles. The molecule has 1 unspecified atom stereocenters. The van der Waals surface area contributed by atoms with Gasteiger partial charge in [0.05, 0.1) is 24.2 Å². The molecule has 0 saturated carbocycles. The average Bonchev–Trinajstić information content (AvgIpc) is 2.61. The van der Waals surface area contributed by atoms with E-state index in [0.29, 0.717) is 17.9 Å². The quantitative estimate of drug-likeness (QED) is 0.765. The van der Waals surface area contributed by atoms with Gasteiger partial charge in [-0.05, 0) is 55.8 Å². The predicted molar refractivity (Wildman–Crippen MR) is 94.1 cm³/mol. The summed E-state index contributed by atoms with van der Waals surface area (Å²) < 4.78 is 37.7. The highest BCUT2D eigenvalue weighted by Gasteiger charge is 2.19. The summed E-state index contributed by atoms with van der Waals surface area (Å²) in [5.74, 6) is 0.173. The van der Waals surface area contributed by atoms with Crippen molar-refractivity contribution < 1.29 is 22.7 Å². The summed E-state index contributed by atoms with van der Waals surface area (Å²) in [5, 5.41) is 0. The summed E-state index contributed by atoms with van der Waals surface area (Å²) in [6.07, 6.45) is 0. The van der Waals surface area contributed by atoms with Gasteiger partial charge in [0.2, 0.25) is 10.0 Å². The summed E-state index contributed by atoms with van der Waals surface area (Å²) in [6.45, 7) is 4.18. The number of benzene rings is 2. The molecule has 2 aromatic rings. The van der Waals surface area contributed by atoms with E-state index >= 15 is 0 Å². The topological polar surface area (TPSA) is 81.7 Å². The Bertz CT molecular complexity index is 831. The van der Waals surface area contributed by atoms with E-state index in [1.807, 2.05) is 25.1 Å². The summed E-state index contributed by atoms with van der Waals surface area (Å²) in [4.78, 5) is 11.5. The number of methoxy groups -OCH3 is 1. The molecule has 134 valence electrons. The minimum atomic E-state index is -3.72. The fourth-order valence-corrected chi connectivity index (χ4v) is 3.53. The molecule has 2 aromatic carbocycles. The van der Waals surface area contributed by atoms with Gasteiger partial charge in [-0.1, -0.05) is 12.1 Å². The van der Waals surface area contributed by atoms with Gasteiger partial charge in [-0.2, -0.15) is 0 Å². The minimum absolute atomic E-state index is 0.0768. The smallest absolute Gasteiger partial charge is 0.337 e. The van der Waals surface area contributed by atoms with Gasteiger partial charge in [-0.3, -0.25) is 0 Å².